The van der Waals surface area contributed by atoms with Crippen molar-refractivity contribution in [2.24, 2.45) is 0 Å². The highest BCUT2D eigenvalue weighted by Gasteiger charge is 2.17. The number of unbranched alkanes of at least 4 members (excludes halogenated alkanes) is 3. The molecule has 0 heterocycles. The second-order valence-corrected chi connectivity index (χ2v) is 4.97. The molecular formula is C12H24N2O3. The molecule has 0 aliphatic carbocycles. The Morgan fingerprint density at radius 1 is 1.29 bits per heavy atom. The van der Waals surface area contributed by atoms with E-state index in [0.29, 0.717) is 13.0 Å². The normalized spacial score (nSPS) is 10.8. The van der Waals surface area contributed by atoms with Crippen molar-refractivity contribution < 1.29 is 14.3 Å². The highest BCUT2D eigenvalue weighted by molar-refractivity contribution is 5.69. The summed E-state index contributed by atoms with van der Waals surface area (Å²) in [7, 11) is 0. The fraction of sp³-hybridized carbons (Fsp3) is 0.833. The van der Waals surface area contributed by atoms with Gasteiger partial charge in [-0.3, -0.25) is 9.80 Å². The Hall–Kier alpha value is -1.26. The summed E-state index contributed by atoms with van der Waals surface area (Å²) in [6, 6.07) is 0. The lowest BCUT2D eigenvalue weighted by Crippen LogP contribution is -2.44. The van der Waals surface area contributed by atoms with Gasteiger partial charge < -0.3 is 4.74 Å². The minimum Gasteiger partial charge on any atom is -0.443 e. The van der Waals surface area contributed by atoms with Crippen molar-refractivity contribution in [3.05, 3.63) is 0 Å². The van der Waals surface area contributed by atoms with Gasteiger partial charge in [0.15, 0.2) is 0 Å². The summed E-state index contributed by atoms with van der Waals surface area (Å²) < 4.78 is 5.05. The Labute approximate surface area is 103 Å². The average Bonchev–Trinajstić information content (AvgIpc) is 2.20. The van der Waals surface area contributed by atoms with E-state index in [1.807, 2.05) is 0 Å². The average molecular weight is 244 g/mol. The van der Waals surface area contributed by atoms with Gasteiger partial charge in [-0.2, -0.15) is 0 Å². The van der Waals surface area contributed by atoms with Gasteiger partial charge in [-0.15, -0.1) is 0 Å². The Morgan fingerprint density at radius 3 is 2.41 bits per heavy atom. The minimum atomic E-state index is -0.597. The van der Waals surface area contributed by atoms with Gasteiger partial charge in [0.05, 0.1) is 0 Å². The van der Waals surface area contributed by atoms with Crippen molar-refractivity contribution in [1.82, 2.24) is 10.4 Å². The Balaban J connectivity index is 3.88. The van der Waals surface area contributed by atoms with E-state index in [1.165, 1.54) is 5.01 Å². The second kappa shape index (κ2) is 7.92. The van der Waals surface area contributed by atoms with Crippen LogP contribution in [0.4, 0.5) is 4.79 Å². The summed E-state index contributed by atoms with van der Waals surface area (Å²) in [5, 5.41) is 1.23. The number of rotatable bonds is 7. The number of ether oxygens (including phenoxy) is 1. The van der Waals surface area contributed by atoms with Crippen LogP contribution < -0.4 is 5.43 Å². The third-order valence-electron chi connectivity index (χ3n) is 2.01. The molecule has 0 aromatic rings. The zero-order valence-electron chi connectivity index (χ0n) is 11.3. The van der Waals surface area contributed by atoms with E-state index in [1.54, 1.807) is 20.8 Å². The molecule has 0 aliphatic heterocycles. The van der Waals surface area contributed by atoms with Crippen LogP contribution in [-0.4, -0.2) is 29.7 Å². The zero-order valence-corrected chi connectivity index (χ0v) is 11.3. The summed E-state index contributed by atoms with van der Waals surface area (Å²) in [4.78, 5) is 22.1. The Kier molecular flexibility index (Phi) is 7.34. The quantitative estimate of drug-likeness (QED) is 0.425. The molecule has 0 atom stereocenters. The lowest BCUT2D eigenvalue weighted by molar-refractivity contribution is -0.121. The van der Waals surface area contributed by atoms with Crippen LogP contribution in [0.5, 0.6) is 0 Å². The standard InChI is InChI=1S/C12H24N2O3/c1-5-6-7-8-9-14(10-15)13-11(16)17-12(2,3)4/h10H,5-9H2,1-4H3,(H,13,16). The second-order valence-electron chi connectivity index (χ2n) is 4.97. The largest absolute Gasteiger partial charge is 0.443 e. The molecule has 0 saturated heterocycles. The van der Waals surface area contributed by atoms with Crippen LogP contribution in [0.25, 0.3) is 0 Å². The van der Waals surface area contributed by atoms with E-state index < -0.39 is 11.7 Å². The van der Waals surface area contributed by atoms with E-state index >= 15 is 0 Å². The third-order valence-corrected chi connectivity index (χ3v) is 2.01. The smallest absolute Gasteiger partial charge is 0.426 e. The fourth-order valence-electron chi connectivity index (χ4n) is 1.26. The van der Waals surface area contributed by atoms with Crippen molar-refractivity contribution >= 4 is 12.5 Å². The fourth-order valence-corrected chi connectivity index (χ4v) is 1.26. The van der Waals surface area contributed by atoms with Crippen molar-refractivity contribution in [3.8, 4) is 0 Å². The summed E-state index contributed by atoms with van der Waals surface area (Å²) in [5.74, 6) is 0. The molecule has 17 heavy (non-hydrogen) atoms. The molecule has 0 fully saturated rings. The summed E-state index contributed by atoms with van der Waals surface area (Å²) in [6.45, 7) is 7.97. The van der Waals surface area contributed by atoms with Crippen LogP contribution in [0.1, 0.15) is 53.4 Å². The summed E-state index contributed by atoms with van der Waals surface area (Å²) >= 11 is 0. The molecule has 0 aromatic carbocycles. The molecule has 1 N–H and O–H groups in total. The monoisotopic (exact) mass is 244 g/mol. The molecule has 0 spiro atoms. The number of amides is 2. The van der Waals surface area contributed by atoms with Gasteiger partial charge in [0.2, 0.25) is 6.41 Å². The zero-order chi connectivity index (χ0) is 13.3. The summed E-state index contributed by atoms with van der Waals surface area (Å²) in [5.41, 5.74) is 1.85. The van der Waals surface area contributed by atoms with Crippen LogP contribution in [0.2, 0.25) is 0 Å². The number of hydrogen-bond acceptors (Lipinski definition) is 3. The molecule has 0 bridgehead atoms. The predicted molar refractivity (Wildman–Crippen MR) is 66.3 cm³/mol. The minimum absolute atomic E-state index is 0.517. The van der Waals surface area contributed by atoms with Crippen LogP contribution in [0.15, 0.2) is 0 Å². The van der Waals surface area contributed by atoms with Crippen LogP contribution in [0.3, 0.4) is 0 Å². The van der Waals surface area contributed by atoms with Crippen LogP contribution >= 0.6 is 0 Å². The predicted octanol–water partition coefficient (Wildman–Crippen LogP) is 2.46. The van der Waals surface area contributed by atoms with Crippen molar-refractivity contribution in [1.29, 1.82) is 0 Å². The van der Waals surface area contributed by atoms with Gasteiger partial charge in [-0.05, 0) is 27.2 Å². The molecule has 5 nitrogen and oxygen atoms in total. The highest BCUT2D eigenvalue weighted by atomic mass is 16.6. The molecule has 100 valence electrons. The maximum Gasteiger partial charge on any atom is 0.426 e. The van der Waals surface area contributed by atoms with Crippen molar-refractivity contribution in [2.45, 2.75) is 59.0 Å². The molecule has 0 rings (SSSR count). The first-order valence-corrected chi connectivity index (χ1v) is 6.10. The molecule has 0 aromatic heterocycles. The number of nitrogens with zero attached hydrogens (tertiary/aromatic N) is 1. The topological polar surface area (TPSA) is 58.6 Å². The molecular weight excluding hydrogens is 220 g/mol. The third kappa shape index (κ3) is 9.66. The van der Waals surface area contributed by atoms with E-state index in [2.05, 4.69) is 12.3 Å². The van der Waals surface area contributed by atoms with Gasteiger partial charge >= 0.3 is 6.09 Å². The van der Waals surface area contributed by atoms with E-state index in [-0.39, 0.29) is 0 Å². The number of nitrogens with one attached hydrogen (secondary N) is 1. The number of carbonyl (C=O) groups excluding carboxylic acids is 2. The van der Waals surface area contributed by atoms with E-state index in [0.717, 1.165) is 25.7 Å². The molecule has 0 aliphatic rings. The van der Waals surface area contributed by atoms with Gasteiger partial charge in [0.25, 0.3) is 0 Å². The Morgan fingerprint density at radius 2 is 1.94 bits per heavy atom. The first-order chi connectivity index (χ1) is 7.89. The van der Waals surface area contributed by atoms with Crippen molar-refractivity contribution in [2.75, 3.05) is 6.54 Å². The molecule has 0 radical (unpaired) electrons. The first kappa shape index (κ1) is 15.7. The SMILES string of the molecule is CCCCCCN(C=O)NC(=O)OC(C)(C)C. The maximum atomic E-state index is 11.4. The van der Waals surface area contributed by atoms with Gasteiger partial charge in [-0.25, -0.2) is 10.2 Å². The number of hydrazine groups is 1. The first-order valence-electron chi connectivity index (χ1n) is 6.10. The van der Waals surface area contributed by atoms with Gasteiger partial charge in [-0.1, -0.05) is 26.2 Å². The molecule has 5 heteroatoms. The molecule has 0 unspecified atom stereocenters. The van der Waals surface area contributed by atoms with Crippen LogP contribution in [-0.2, 0) is 9.53 Å². The maximum absolute atomic E-state index is 11.4. The van der Waals surface area contributed by atoms with E-state index in [4.69, 9.17) is 4.74 Å². The van der Waals surface area contributed by atoms with Crippen molar-refractivity contribution in [3.63, 3.8) is 0 Å². The molecule has 2 amide bonds. The summed E-state index contributed by atoms with van der Waals surface area (Å²) in [6.07, 6.45) is 4.22. The lowest BCUT2D eigenvalue weighted by atomic mass is 10.2. The van der Waals surface area contributed by atoms with Gasteiger partial charge in [0, 0.05) is 6.54 Å². The number of hydrogen-bond donors (Lipinski definition) is 1. The van der Waals surface area contributed by atoms with Crippen LogP contribution in [0, 0.1) is 0 Å². The number of carbonyl (C=O) groups is 2. The molecule has 0 saturated carbocycles. The highest BCUT2D eigenvalue weighted by Crippen LogP contribution is 2.06. The Bertz CT molecular complexity index is 236. The lowest BCUT2D eigenvalue weighted by Gasteiger charge is -2.23. The van der Waals surface area contributed by atoms with Gasteiger partial charge in [0.1, 0.15) is 5.60 Å². The van der Waals surface area contributed by atoms with E-state index in [9.17, 15) is 9.59 Å².